The normalized spacial score (nSPS) is 13.0. The second kappa shape index (κ2) is 6.98. The van der Waals surface area contributed by atoms with Crippen LogP contribution in [0.15, 0.2) is 43.0 Å². The third-order valence-electron chi connectivity index (χ3n) is 3.48. The van der Waals surface area contributed by atoms with Gasteiger partial charge in [-0.1, -0.05) is 0 Å². The first-order valence-electron chi connectivity index (χ1n) is 7.42. The topological polar surface area (TPSA) is 83.8 Å². The molecule has 3 heterocycles. The molecule has 2 N–H and O–H groups in total. The highest BCUT2D eigenvalue weighted by atomic mass is 19.4. The number of halogens is 3. The number of fused-ring (bicyclic) bond motifs is 1. The number of aliphatic hydroxyl groups excluding tert-OH is 1. The van der Waals surface area contributed by atoms with Gasteiger partial charge in [-0.2, -0.15) is 13.2 Å². The zero-order chi connectivity index (χ0) is 17.9. The van der Waals surface area contributed by atoms with Crippen LogP contribution in [0.3, 0.4) is 0 Å². The van der Waals surface area contributed by atoms with E-state index in [4.69, 9.17) is 0 Å². The summed E-state index contributed by atoms with van der Waals surface area (Å²) in [5, 5.41) is 12.5. The van der Waals surface area contributed by atoms with E-state index in [9.17, 15) is 18.3 Å². The van der Waals surface area contributed by atoms with E-state index in [0.717, 1.165) is 0 Å². The molecule has 0 radical (unpaired) electrons. The Hall–Kier alpha value is -2.81. The van der Waals surface area contributed by atoms with Gasteiger partial charge in [0.1, 0.15) is 5.82 Å². The molecule has 0 aliphatic carbocycles. The van der Waals surface area contributed by atoms with E-state index in [1.807, 2.05) is 0 Å². The second-order valence-corrected chi connectivity index (χ2v) is 5.37. The van der Waals surface area contributed by atoms with E-state index < -0.39 is 25.2 Å². The summed E-state index contributed by atoms with van der Waals surface area (Å²) in [5.74, 6) is 0.539. The number of rotatable bonds is 5. The zero-order valence-corrected chi connectivity index (χ0v) is 12.9. The number of pyridine rings is 2. The highest BCUT2D eigenvalue weighted by Crippen LogP contribution is 2.27. The van der Waals surface area contributed by atoms with Crippen molar-refractivity contribution < 1.29 is 18.3 Å². The Bertz CT molecular complexity index is 857. The van der Waals surface area contributed by atoms with Crippen LogP contribution >= 0.6 is 0 Å². The molecule has 0 saturated heterocycles. The Morgan fingerprint density at radius 2 is 1.76 bits per heavy atom. The van der Waals surface area contributed by atoms with Gasteiger partial charge in [0.25, 0.3) is 0 Å². The molecule has 3 rings (SSSR count). The molecule has 0 bridgehead atoms. The van der Waals surface area contributed by atoms with Crippen LogP contribution in [0.5, 0.6) is 0 Å². The van der Waals surface area contributed by atoms with E-state index in [1.165, 1.54) is 12.4 Å². The molecule has 1 unspecified atom stereocenters. The second-order valence-electron chi connectivity index (χ2n) is 5.37. The van der Waals surface area contributed by atoms with Gasteiger partial charge in [0, 0.05) is 29.5 Å². The third kappa shape index (κ3) is 4.18. The van der Waals surface area contributed by atoms with Crippen LogP contribution in [0.4, 0.5) is 19.0 Å². The molecule has 6 nitrogen and oxygen atoms in total. The number of aromatic nitrogens is 4. The fourth-order valence-corrected chi connectivity index (χ4v) is 2.35. The van der Waals surface area contributed by atoms with Crippen molar-refractivity contribution in [1.29, 1.82) is 0 Å². The zero-order valence-electron chi connectivity index (χ0n) is 12.9. The summed E-state index contributed by atoms with van der Waals surface area (Å²) in [6, 6.07) is 3.79. The van der Waals surface area contributed by atoms with Gasteiger partial charge < -0.3 is 10.4 Å². The highest BCUT2D eigenvalue weighted by molar-refractivity contribution is 5.90. The molecular weight excluding hydrogens is 335 g/mol. The molecule has 0 aliphatic heterocycles. The maximum Gasteiger partial charge on any atom is 0.391 e. The van der Waals surface area contributed by atoms with Gasteiger partial charge in [-0.15, -0.1) is 0 Å². The Morgan fingerprint density at radius 1 is 1.04 bits per heavy atom. The van der Waals surface area contributed by atoms with Crippen molar-refractivity contribution in [2.45, 2.75) is 18.6 Å². The number of nitrogens with zero attached hydrogens (tertiary/aromatic N) is 4. The van der Waals surface area contributed by atoms with Gasteiger partial charge >= 0.3 is 6.18 Å². The molecule has 9 heteroatoms. The van der Waals surface area contributed by atoms with Gasteiger partial charge in [-0.3, -0.25) is 9.97 Å². The smallest absolute Gasteiger partial charge is 0.391 e. The molecular formula is C16H14F3N5O. The largest absolute Gasteiger partial charge is 0.394 e. The summed E-state index contributed by atoms with van der Waals surface area (Å²) < 4.78 is 38.0. The van der Waals surface area contributed by atoms with Gasteiger partial charge in [0.05, 0.1) is 30.8 Å². The van der Waals surface area contributed by atoms with Crippen molar-refractivity contribution >= 4 is 16.7 Å². The van der Waals surface area contributed by atoms with Crippen LogP contribution in [0.25, 0.3) is 22.3 Å². The van der Waals surface area contributed by atoms with Crippen molar-refractivity contribution in [1.82, 2.24) is 19.9 Å². The predicted octanol–water partition coefficient (Wildman–Crippen LogP) is 2.81. The van der Waals surface area contributed by atoms with Crippen molar-refractivity contribution in [3.63, 3.8) is 0 Å². The van der Waals surface area contributed by atoms with Gasteiger partial charge in [-0.25, -0.2) is 9.97 Å². The lowest BCUT2D eigenvalue weighted by atomic mass is 10.2. The van der Waals surface area contributed by atoms with E-state index in [0.29, 0.717) is 22.3 Å². The lowest BCUT2D eigenvalue weighted by molar-refractivity contribution is -0.138. The van der Waals surface area contributed by atoms with Crippen molar-refractivity contribution in [3.05, 3.63) is 43.0 Å². The monoisotopic (exact) mass is 349 g/mol. The molecule has 0 aromatic carbocycles. The molecule has 3 aromatic rings. The Kier molecular flexibility index (Phi) is 4.75. The summed E-state index contributed by atoms with van der Waals surface area (Å²) >= 11 is 0. The average Bonchev–Trinajstić information content (AvgIpc) is 2.60. The lowest BCUT2D eigenvalue weighted by Crippen LogP contribution is -2.30. The van der Waals surface area contributed by atoms with Crippen molar-refractivity contribution in [3.8, 4) is 11.4 Å². The highest BCUT2D eigenvalue weighted by Gasteiger charge is 2.32. The first-order valence-corrected chi connectivity index (χ1v) is 7.42. The minimum absolute atomic E-state index is 0.211. The van der Waals surface area contributed by atoms with Crippen LogP contribution < -0.4 is 5.32 Å². The predicted molar refractivity (Wildman–Crippen MR) is 85.7 cm³/mol. The minimum Gasteiger partial charge on any atom is -0.394 e. The molecule has 0 amide bonds. The van der Waals surface area contributed by atoms with Crippen molar-refractivity contribution in [2.75, 3.05) is 11.9 Å². The molecule has 130 valence electrons. The quantitative estimate of drug-likeness (QED) is 0.737. The number of anilines is 1. The van der Waals surface area contributed by atoms with Gasteiger partial charge in [0.2, 0.25) is 0 Å². The van der Waals surface area contributed by atoms with E-state index in [-0.39, 0.29) is 5.82 Å². The number of hydrogen-bond acceptors (Lipinski definition) is 6. The SMILES string of the molecule is OCC(CC(F)(F)F)Nc1nc(-c2ccncc2)nc2cnccc12. The number of alkyl halides is 3. The number of hydrogen-bond donors (Lipinski definition) is 2. The Morgan fingerprint density at radius 3 is 2.44 bits per heavy atom. The maximum atomic E-state index is 12.7. The fourth-order valence-electron chi connectivity index (χ4n) is 2.35. The van der Waals surface area contributed by atoms with E-state index >= 15 is 0 Å². The van der Waals surface area contributed by atoms with E-state index in [1.54, 1.807) is 30.6 Å². The average molecular weight is 349 g/mol. The number of nitrogens with one attached hydrogen (secondary N) is 1. The van der Waals surface area contributed by atoms with Crippen LogP contribution in [0.1, 0.15) is 6.42 Å². The first kappa shape index (κ1) is 17.0. The molecule has 1 atom stereocenters. The van der Waals surface area contributed by atoms with Gasteiger partial charge in [0.15, 0.2) is 5.82 Å². The summed E-state index contributed by atoms with van der Waals surface area (Å²) in [5.41, 5.74) is 1.15. The Balaban J connectivity index is 2.03. The Labute approximate surface area is 140 Å². The summed E-state index contributed by atoms with van der Waals surface area (Å²) in [4.78, 5) is 16.6. The molecule has 25 heavy (non-hydrogen) atoms. The molecule has 3 aromatic heterocycles. The molecule has 0 fully saturated rings. The summed E-state index contributed by atoms with van der Waals surface area (Å²) in [7, 11) is 0. The third-order valence-corrected chi connectivity index (χ3v) is 3.48. The molecule has 0 spiro atoms. The summed E-state index contributed by atoms with van der Waals surface area (Å²) in [6.45, 7) is -0.680. The maximum absolute atomic E-state index is 12.7. The van der Waals surface area contributed by atoms with Crippen LogP contribution in [-0.4, -0.2) is 43.9 Å². The molecule has 0 aliphatic rings. The minimum atomic E-state index is -4.40. The fraction of sp³-hybridized carbons (Fsp3) is 0.250. The van der Waals surface area contributed by atoms with Crippen LogP contribution in [0, 0.1) is 0 Å². The van der Waals surface area contributed by atoms with Crippen LogP contribution in [0.2, 0.25) is 0 Å². The lowest BCUT2D eigenvalue weighted by Gasteiger charge is -2.19. The number of aliphatic hydroxyl groups is 1. The van der Waals surface area contributed by atoms with E-state index in [2.05, 4.69) is 25.3 Å². The van der Waals surface area contributed by atoms with Crippen molar-refractivity contribution in [2.24, 2.45) is 0 Å². The molecule has 0 saturated carbocycles. The van der Waals surface area contributed by atoms with Crippen LogP contribution in [-0.2, 0) is 0 Å². The summed E-state index contributed by atoms with van der Waals surface area (Å²) in [6.07, 6.45) is 0.563. The standard InChI is InChI=1S/C16H14F3N5O/c17-16(18,19)7-11(9-25)22-15-12-3-6-21-8-13(12)23-14(24-15)10-1-4-20-5-2-10/h1-6,8,11,25H,7,9H2,(H,22,23,24). The van der Waals surface area contributed by atoms with Gasteiger partial charge in [-0.05, 0) is 18.2 Å². The first-order chi connectivity index (χ1) is 12.0.